The summed E-state index contributed by atoms with van der Waals surface area (Å²) >= 11 is 0. The number of rotatable bonds is 9. The first-order valence-electron chi connectivity index (χ1n) is 9.76. The van der Waals surface area contributed by atoms with Crippen LogP contribution in [0.25, 0.3) is 0 Å². The summed E-state index contributed by atoms with van der Waals surface area (Å²) in [4.78, 5) is 30.6. The van der Waals surface area contributed by atoms with Gasteiger partial charge in [-0.3, -0.25) is 14.6 Å². The predicted molar refractivity (Wildman–Crippen MR) is 109 cm³/mol. The lowest BCUT2D eigenvalue weighted by Crippen LogP contribution is -2.34. The first-order chi connectivity index (χ1) is 14.1. The number of hydrogen-bond acceptors (Lipinski definition) is 5. The molecule has 1 fully saturated rings. The van der Waals surface area contributed by atoms with Gasteiger partial charge in [0.2, 0.25) is 11.8 Å². The van der Waals surface area contributed by atoms with Gasteiger partial charge in [0.15, 0.2) is 11.5 Å². The van der Waals surface area contributed by atoms with Crippen LogP contribution in [0.4, 0.5) is 0 Å². The van der Waals surface area contributed by atoms with Crippen molar-refractivity contribution in [3.05, 3.63) is 53.9 Å². The van der Waals surface area contributed by atoms with Gasteiger partial charge in [-0.25, -0.2) is 0 Å². The molecule has 1 aromatic heterocycles. The Morgan fingerprint density at radius 2 is 2.00 bits per heavy atom. The number of ether oxygens (including phenoxy) is 2. The quantitative estimate of drug-likeness (QED) is 0.698. The third kappa shape index (κ3) is 5.47. The monoisotopic (exact) mass is 397 g/mol. The number of carbonyl (C=O) groups is 2. The van der Waals surface area contributed by atoms with Crippen LogP contribution in [-0.2, 0) is 22.4 Å². The van der Waals surface area contributed by atoms with Gasteiger partial charge >= 0.3 is 0 Å². The van der Waals surface area contributed by atoms with Crippen LogP contribution in [0.3, 0.4) is 0 Å². The Bertz CT molecular complexity index is 841. The molecule has 0 spiro atoms. The summed E-state index contributed by atoms with van der Waals surface area (Å²) in [7, 11) is 3.20. The molecule has 0 aliphatic carbocycles. The van der Waals surface area contributed by atoms with Crippen molar-refractivity contribution in [1.82, 2.24) is 15.2 Å². The lowest BCUT2D eigenvalue weighted by atomic mass is 10.1. The number of benzene rings is 1. The van der Waals surface area contributed by atoms with Crippen molar-refractivity contribution in [3.63, 3.8) is 0 Å². The number of aromatic nitrogens is 1. The second-order valence-corrected chi connectivity index (χ2v) is 7.08. The van der Waals surface area contributed by atoms with E-state index in [2.05, 4.69) is 10.3 Å². The van der Waals surface area contributed by atoms with Crippen molar-refractivity contribution >= 4 is 11.8 Å². The molecule has 2 amide bonds. The summed E-state index contributed by atoms with van der Waals surface area (Å²) in [5, 5.41) is 2.94. The lowest BCUT2D eigenvalue weighted by Gasteiger charge is -2.17. The minimum atomic E-state index is -0.290. The van der Waals surface area contributed by atoms with Gasteiger partial charge in [-0.05, 0) is 42.2 Å². The number of carbonyl (C=O) groups excluding carboxylic acids is 2. The van der Waals surface area contributed by atoms with Crippen molar-refractivity contribution in [1.29, 1.82) is 0 Å². The third-order valence-electron chi connectivity index (χ3n) is 5.14. The molecule has 29 heavy (non-hydrogen) atoms. The Kier molecular flexibility index (Phi) is 7.05. The fourth-order valence-corrected chi connectivity index (χ4v) is 3.48. The summed E-state index contributed by atoms with van der Waals surface area (Å²) in [6.45, 7) is 1.58. The molecule has 1 saturated heterocycles. The second kappa shape index (κ2) is 9.91. The molecule has 1 aromatic carbocycles. The van der Waals surface area contributed by atoms with Crippen LogP contribution >= 0.6 is 0 Å². The average Bonchev–Trinajstić information content (AvgIpc) is 3.13. The Morgan fingerprint density at radius 1 is 1.17 bits per heavy atom. The van der Waals surface area contributed by atoms with E-state index >= 15 is 0 Å². The van der Waals surface area contributed by atoms with Gasteiger partial charge < -0.3 is 19.7 Å². The number of pyridine rings is 1. The molecule has 0 saturated carbocycles. The van der Waals surface area contributed by atoms with Crippen molar-refractivity contribution in [3.8, 4) is 11.5 Å². The molecule has 0 radical (unpaired) electrons. The zero-order valence-corrected chi connectivity index (χ0v) is 16.9. The fourth-order valence-electron chi connectivity index (χ4n) is 3.48. The number of hydrogen-bond donors (Lipinski definition) is 1. The zero-order valence-electron chi connectivity index (χ0n) is 16.9. The highest BCUT2D eigenvalue weighted by Crippen LogP contribution is 2.28. The van der Waals surface area contributed by atoms with Crippen LogP contribution < -0.4 is 14.8 Å². The van der Waals surface area contributed by atoms with Crippen LogP contribution in [0, 0.1) is 5.92 Å². The van der Waals surface area contributed by atoms with E-state index in [1.807, 2.05) is 30.3 Å². The molecule has 7 heteroatoms. The topological polar surface area (TPSA) is 80.8 Å². The van der Waals surface area contributed by atoms with Crippen molar-refractivity contribution in [2.75, 3.05) is 33.9 Å². The predicted octanol–water partition coefficient (Wildman–Crippen LogP) is 1.85. The van der Waals surface area contributed by atoms with E-state index in [4.69, 9.17) is 9.47 Å². The Morgan fingerprint density at radius 3 is 2.72 bits per heavy atom. The smallest absolute Gasteiger partial charge is 0.225 e. The average molecular weight is 397 g/mol. The van der Waals surface area contributed by atoms with E-state index in [9.17, 15) is 9.59 Å². The molecule has 1 aliphatic rings. The van der Waals surface area contributed by atoms with E-state index in [1.165, 1.54) is 0 Å². The van der Waals surface area contributed by atoms with E-state index < -0.39 is 0 Å². The Labute approximate surface area is 171 Å². The molecule has 0 bridgehead atoms. The van der Waals surface area contributed by atoms with Gasteiger partial charge in [0.05, 0.1) is 20.1 Å². The molecule has 1 N–H and O–H groups in total. The maximum atomic E-state index is 12.4. The number of likely N-dealkylation sites (tertiary alicyclic amines) is 1. The number of amides is 2. The molecule has 1 unspecified atom stereocenters. The van der Waals surface area contributed by atoms with Gasteiger partial charge in [-0.1, -0.05) is 12.1 Å². The zero-order chi connectivity index (χ0) is 20.6. The van der Waals surface area contributed by atoms with Crippen molar-refractivity contribution < 1.29 is 19.1 Å². The largest absolute Gasteiger partial charge is 0.493 e. The van der Waals surface area contributed by atoms with Gasteiger partial charge in [-0.15, -0.1) is 0 Å². The number of nitrogens with zero attached hydrogens (tertiary/aromatic N) is 2. The molecule has 2 aromatic rings. The van der Waals surface area contributed by atoms with E-state index in [-0.39, 0.29) is 24.2 Å². The highest BCUT2D eigenvalue weighted by molar-refractivity contribution is 5.89. The summed E-state index contributed by atoms with van der Waals surface area (Å²) in [6.07, 6.45) is 5.21. The molecular formula is C22H27N3O4. The third-order valence-corrected chi connectivity index (χ3v) is 5.14. The highest BCUT2D eigenvalue weighted by atomic mass is 16.5. The standard InChI is InChI=1S/C22H27N3O4/c1-28-19-6-5-16(12-20(19)29-2)8-11-25-15-18(13-21(25)26)22(27)24-10-7-17-4-3-9-23-14-17/h3-6,9,12,14,18H,7-8,10-11,13,15H2,1-2H3,(H,24,27). The minimum absolute atomic E-state index is 0.0258. The molecular weight excluding hydrogens is 370 g/mol. The second-order valence-electron chi connectivity index (χ2n) is 7.08. The van der Waals surface area contributed by atoms with Crippen LogP contribution in [0.1, 0.15) is 17.5 Å². The summed E-state index contributed by atoms with van der Waals surface area (Å²) in [5.41, 5.74) is 2.13. The van der Waals surface area contributed by atoms with Gasteiger partial charge in [0.25, 0.3) is 0 Å². The first kappa shape index (κ1) is 20.6. The van der Waals surface area contributed by atoms with E-state index in [0.717, 1.165) is 17.5 Å². The molecule has 1 aliphatic heterocycles. The number of methoxy groups -OCH3 is 2. The maximum Gasteiger partial charge on any atom is 0.225 e. The van der Waals surface area contributed by atoms with Crippen molar-refractivity contribution in [2.45, 2.75) is 19.3 Å². The SMILES string of the molecule is COc1ccc(CCN2CC(C(=O)NCCc3cccnc3)CC2=O)cc1OC. The van der Waals surface area contributed by atoms with Crippen LogP contribution in [0.15, 0.2) is 42.7 Å². The van der Waals surface area contributed by atoms with Crippen LogP contribution in [0.5, 0.6) is 11.5 Å². The molecule has 7 nitrogen and oxygen atoms in total. The van der Waals surface area contributed by atoms with Gasteiger partial charge in [0.1, 0.15) is 0 Å². The van der Waals surface area contributed by atoms with Gasteiger partial charge in [-0.2, -0.15) is 0 Å². The molecule has 1 atom stereocenters. The summed E-state index contributed by atoms with van der Waals surface area (Å²) in [5.74, 6) is 1.02. The highest BCUT2D eigenvalue weighted by Gasteiger charge is 2.33. The van der Waals surface area contributed by atoms with Gasteiger partial charge in [0, 0.05) is 38.4 Å². The summed E-state index contributed by atoms with van der Waals surface area (Å²) < 4.78 is 10.6. The van der Waals surface area contributed by atoms with Crippen LogP contribution in [-0.4, -0.2) is 55.6 Å². The number of nitrogens with one attached hydrogen (secondary N) is 1. The Hall–Kier alpha value is -3.09. The minimum Gasteiger partial charge on any atom is -0.493 e. The fraction of sp³-hybridized carbons (Fsp3) is 0.409. The van der Waals surface area contributed by atoms with Crippen molar-refractivity contribution in [2.24, 2.45) is 5.92 Å². The lowest BCUT2D eigenvalue weighted by molar-refractivity contribution is -0.129. The first-order valence-corrected chi connectivity index (χ1v) is 9.76. The van der Waals surface area contributed by atoms with E-state index in [1.54, 1.807) is 31.5 Å². The molecule has 3 rings (SSSR count). The maximum absolute atomic E-state index is 12.4. The summed E-state index contributed by atoms with van der Waals surface area (Å²) in [6, 6.07) is 9.60. The normalized spacial score (nSPS) is 16.0. The van der Waals surface area contributed by atoms with E-state index in [0.29, 0.717) is 37.6 Å². The molecule has 2 heterocycles. The van der Waals surface area contributed by atoms with Crippen LogP contribution in [0.2, 0.25) is 0 Å². The Balaban J connectivity index is 1.46. The molecule has 154 valence electrons.